The lowest BCUT2D eigenvalue weighted by molar-refractivity contribution is -0.139. The number of nitrogens with two attached hydrogens (primary N) is 1. The van der Waals surface area contributed by atoms with Gasteiger partial charge in [-0.3, -0.25) is 9.59 Å². The third kappa shape index (κ3) is 7.10. The first-order chi connectivity index (χ1) is 18.5. The van der Waals surface area contributed by atoms with Crippen molar-refractivity contribution in [3.05, 3.63) is 57.4 Å². The molecule has 3 rings (SSSR count). The Hall–Kier alpha value is -2.77. The van der Waals surface area contributed by atoms with E-state index in [0.717, 1.165) is 5.56 Å². The second-order valence-corrected chi connectivity index (χ2v) is 13.0. The maximum absolute atomic E-state index is 13.9. The largest absolute Gasteiger partial charge is 0.374 e. The van der Waals surface area contributed by atoms with Gasteiger partial charge in [-0.2, -0.15) is 0 Å². The summed E-state index contributed by atoms with van der Waals surface area (Å²) in [5.74, 6) is -0.377. The Morgan fingerprint density at radius 1 is 1.25 bits per heavy atom. The van der Waals surface area contributed by atoms with E-state index in [-0.39, 0.29) is 31.2 Å². The normalized spacial score (nSPS) is 17.1. The van der Waals surface area contributed by atoms with Crippen molar-refractivity contribution in [1.29, 1.82) is 0 Å². The van der Waals surface area contributed by atoms with Crippen LogP contribution in [-0.4, -0.2) is 67.1 Å². The van der Waals surface area contributed by atoms with E-state index < -0.39 is 39.0 Å². The standard InChI is InChI=1S/C27H38ClN5O6S/c1-8-33(13-21-23(18-9-11-19(28)12-10-18)40(36,37)32-27(21,6)7)24(34)22(30-25(35)26(4,5)29)15-38-14-20-16(2)31-39-17(20)3/h9-12,22,32H,8,13-15,29H2,1-7H3,(H,30,35)/t22-/m1/s1. The van der Waals surface area contributed by atoms with Gasteiger partial charge < -0.3 is 25.2 Å². The lowest BCUT2D eigenvalue weighted by Gasteiger charge is -2.32. The van der Waals surface area contributed by atoms with Crippen molar-refractivity contribution >= 4 is 38.3 Å². The highest BCUT2D eigenvalue weighted by molar-refractivity contribution is 7.99. The molecule has 0 radical (unpaired) electrons. The molecule has 2 aromatic rings. The average molecular weight is 596 g/mol. The first-order valence-electron chi connectivity index (χ1n) is 12.9. The Balaban J connectivity index is 1.93. The van der Waals surface area contributed by atoms with Crippen LogP contribution in [0.2, 0.25) is 5.02 Å². The van der Waals surface area contributed by atoms with Crippen molar-refractivity contribution in [1.82, 2.24) is 20.1 Å². The van der Waals surface area contributed by atoms with Crippen molar-refractivity contribution in [3.8, 4) is 0 Å². The van der Waals surface area contributed by atoms with E-state index in [1.807, 2.05) is 0 Å². The molecule has 1 aromatic heterocycles. The Morgan fingerprint density at radius 3 is 2.40 bits per heavy atom. The van der Waals surface area contributed by atoms with Crippen LogP contribution in [0.1, 0.15) is 57.2 Å². The highest BCUT2D eigenvalue weighted by Gasteiger charge is 2.44. The molecule has 0 unspecified atom stereocenters. The van der Waals surface area contributed by atoms with Crippen LogP contribution in [0.25, 0.3) is 4.91 Å². The number of ether oxygens (including phenoxy) is 1. The number of sulfonamides is 1. The van der Waals surface area contributed by atoms with Gasteiger partial charge >= 0.3 is 0 Å². The minimum Gasteiger partial charge on any atom is -0.374 e. The Bertz CT molecular complexity index is 1370. The molecule has 0 saturated carbocycles. The number of amides is 2. The zero-order valence-electron chi connectivity index (χ0n) is 23.9. The molecule has 0 fully saturated rings. The topological polar surface area (TPSA) is 157 Å². The van der Waals surface area contributed by atoms with Crippen LogP contribution in [0.5, 0.6) is 0 Å². The first-order valence-corrected chi connectivity index (χ1v) is 14.8. The third-order valence-electron chi connectivity index (χ3n) is 6.74. The lowest BCUT2D eigenvalue weighted by Crippen LogP contribution is -2.58. The maximum atomic E-state index is 13.9. The van der Waals surface area contributed by atoms with Gasteiger partial charge in [0, 0.05) is 23.7 Å². The Kier molecular flexibility index (Phi) is 9.52. The van der Waals surface area contributed by atoms with Crippen molar-refractivity contribution < 1.29 is 27.3 Å². The summed E-state index contributed by atoms with van der Waals surface area (Å²) in [6, 6.07) is 5.41. The molecule has 11 nitrogen and oxygen atoms in total. The van der Waals surface area contributed by atoms with Crippen molar-refractivity contribution in [2.24, 2.45) is 5.73 Å². The van der Waals surface area contributed by atoms with Gasteiger partial charge in [0.25, 0.3) is 0 Å². The second kappa shape index (κ2) is 12.0. The summed E-state index contributed by atoms with van der Waals surface area (Å²) in [6.45, 7) is 12.1. The van der Waals surface area contributed by atoms with Gasteiger partial charge in [-0.15, -0.1) is 0 Å². The summed E-state index contributed by atoms with van der Waals surface area (Å²) in [7, 11) is -3.87. The highest BCUT2D eigenvalue weighted by Crippen LogP contribution is 2.38. The Morgan fingerprint density at radius 2 is 1.88 bits per heavy atom. The van der Waals surface area contributed by atoms with E-state index in [2.05, 4.69) is 15.2 Å². The van der Waals surface area contributed by atoms with Gasteiger partial charge in [-0.05, 0) is 71.7 Å². The minimum atomic E-state index is -3.87. The molecule has 4 N–H and O–H groups in total. The summed E-state index contributed by atoms with van der Waals surface area (Å²) in [4.78, 5) is 28.2. The average Bonchev–Trinajstić information content (AvgIpc) is 3.26. The zero-order valence-corrected chi connectivity index (χ0v) is 25.5. The molecule has 0 aliphatic carbocycles. The number of benzene rings is 1. The molecular formula is C27H38ClN5O6S. The predicted molar refractivity (Wildman–Crippen MR) is 153 cm³/mol. The molecule has 2 heterocycles. The van der Waals surface area contributed by atoms with E-state index >= 15 is 0 Å². The monoisotopic (exact) mass is 595 g/mol. The number of carbonyl (C=O) groups is 2. The van der Waals surface area contributed by atoms with Gasteiger partial charge in [0.05, 0.1) is 34.9 Å². The van der Waals surface area contributed by atoms with Gasteiger partial charge in [0.1, 0.15) is 11.8 Å². The number of aryl methyl sites for hydroxylation is 2. The predicted octanol–water partition coefficient (Wildman–Crippen LogP) is 2.65. The summed E-state index contributed by atoms with van der Waals surface area (Å²) >= 11 is 6.03. The molecule has 220 valence electrons. The number of carbonyl (C=O) groups excluding carboxylic acids is 2. The molecule has 0 saturated heterocycles. The molecule has 13 heteroatoms. The van der Waals surface area contributed by atoms with E-state index in [0.29, 0.717) is 27.6 Å². The third-order valence-corrected chi connectivity index (χ3v) is 8.79. The fraction of sp³-hybridized carbons (Fsp3) is 0.519. The zero-order chi connectivity index (χ0) is 30.0. The molecule has 1 aliphatic rings. The summed E-state index contributed by atoms with van der Waals surface area (Å²) in [6.07, 6.45) is 0. The first kappa shape index (κ1) is 31.8. The van der Waals surface area contributed by atoms with E-state index in [1.54, 1.807) is 58.9 Å². The molecule has 1 atom stereocenters. The minimum absolute atomic E-state index is 0.00518. The molecule has 2 amide bonds. The number of likely N-dealkylation sites (N-methyl/N-ethyl adjacent to an activating group) is 1. The number of nitrogens with zero attached hydrogens (tertiary/aromatic N) is 2. The van der Waals surface area contributed by atoms with E-state index in [9.17, 15) is 18.0 Å². The fourth-order valence-electron chi connectivity index (χ4n) is 4.36. The van der Waals surface area contributed by atoms with Gasteiger partial charge in [-0.1, -0.05) is 28.9 Å². The van der Waals surface area contributed by atoms with Crippen LogP contribution in [0.4, 0.5) is 0 Å². The highest BCUT2D eigenvalue weighted by atomic mass is 35.5. The van der Waals surface area contributed by atoms with Gasteiger partial charge in [-0.25, -0.2) is 13.1 Å². The number of halogens is 1. The number of nitrogens with one attached hydrogen (secondary N) is 2. The summed E-state index contributed by atoms with van der Waals surface area (Å²) in [5, 5.41) is 7.08. The number of hydrogen-bond acceptors (Lipinski definition) is 8. The lowest BCUT2D eigenvalue weighted by atomic mass is 9.92. The molecular weight excluding hydrogens is 558 g/mol. The van der Waals surface area contributed by atoms with Crippen LogP contribution in [0.3, 0.4) is 0 Å². The van der Waals surface area contributed by atoms with Crippen LogP contribution >= 0.6 is 11.6 Å². The molecule has 1 aromatic carbocycles. The fourth-order valence-corrected chi connectivity index (χ4v) is 6.47. The summed E-state index contributed by atoms with van der Waals surface area (Å²) < 4.78 is 40.1. The molecule has 40 heavy (non-hydrogen) atoms. The van der Waals surface area contributed by atoms with Crippen LogP contribution < -0.4 is 15.8 Å². The van der Waals surface area contributed by atoms with Crippen LogP contribution in [0.15, 0.2) is 34.4 Å². The van der Waals surface area contributed by atoms with Gasteiger partial charge in [0.15, 0.2) is 0 Å². The molecule has 0 spiro atoms. The van der Waals surface area contributed by atoms with Crippen LogP contribution in [0, 0.1) is 13.8 Å². The van der Waals surface area contributed by atoms with Crippen molar-refractivity contribution in [2.75, 3.05) is 19.7 Å². The van der Waals surface area contributed by atoms with Crippen LogP contribution in [-0.2, 0) is 31.0 Å². The second-order valence-electron chi connectivity index (χ2n) is 11.0. The van der Waals surface area contributed by atoms with Crippen molar-refractivity contribution in [3.63, 3.8) is 0 Å². The molecule has 0 bridgehead atoms. The number of aromatic nitrogens is 1. The quantitative estimate of drug-likeness (QED) is 0.358. The maximum Gasteiger partial charge on any atom is 0.247 e. The molecule has 1 aliphatic heterocycles. The number of rotatable bonds is 11. The van der Waals surface area contributed by atoms with E-state index in [4.69, 9.17) is 26.6 Å². The smallest absolute Gasteiger partial charge is 0.247 e. The Labute approximate surface area is 240 Å². The SMILES string of the molecule is CCN(CC1=C(c2ccc(Cl)cc2)S(=O)(=O)NC1(C)C)C(=O)[C@@H](COCc1c(C)noc1C)NC(=O)C(C)(C)N. The van der Waals surface area contributed by atoms with Crippen molar-refractivity contribution in [2.45, 2.75) is 72.2 Å². The van der Waals surface area contributed by atoms with Gasteiger partial charge in [0.2, 0.25) is 21.8 Å². The summed E-state index contributed by atoms with van der Waals surface area (Å²) in [5.41, 5.74) is 6.15. The van der Waals surface area contributed by atoms with E-state index in [1.165, 1.54) is 18.7 Å². The number of hydrogen-bond donors (Lipinski definition) is 3.